The quantitative estimate of drug-likeness (QED) is 0.457. The van der Waals surface area contributed by atoms with Gasteiger partial charge < -0.3 is 9.47 Å². The summed E-state index contributed by atoms with van der Waals surface area (Å²) in [5.41, 5.74) is -0.346. The van der Waals surface area contributed by atoms with E-state index in [0.717, 1.165) is 6.07 Å². The third kappa shape index (κ3) is 2.95. The highest BCUT2D eigenvalue weighted by atomic mass is 16.6. The van der Waals surface area contributed by atoms with Crippen molar-refractivity contribution in [1.82, 2.24) is 0 Å². The fourth-order valence-corrected chi connectivity index (χ4v) is 1.21. The summed E-state index contributed by atoms with van der Waals surface area (Å²) in [7, 11) is 1.29. The second kappa shape index (κ2) is 5.63. The molecular weight excluding hydrogens is 240 g/mol. The Labute approximate surface area is 103 Å². The molecule has 0 radical (unpaired) electrons. The Morgan fingerprint density at radius 1 is 1.56 bits per heavy atom. The first-order chi connectivity index (χ1) is 8.49. The number of nitro groups is 1. The Bertz CT molecular complexity index is 521. The summed E-state index contributed by atoms with van der Waals surface area (Å²) in [6.45, 7) is 1.40. The zero-order valence-corrected chi connectivity index (χ0v) is 9.75. The largest absolute Gasteiger partial charge is 0.490 e. The molecule has 0 aromatic heterocycles. The lowest BCUT2D eigenvalue weighted by Gasteiger charge is -2.07. The number of rotatable bonds is 4. The number of methoxy groups -OCH3 is 1. The van der Waals surface area contributed by atoms with Gasteiger partial charge in [0, 0.05) is 6.07 Å². The summed E-state index contributed by atoms with van der Waals surface area (Å²) in [4.78, 5) is 21.6. The van der Waals surface area contributed by atoms with Crippen molar-refractivity contribution in [3.05, 3.63) is 33.9 Å². The third-order valence-electron chi connectivity index (χ3n) is 2.08. The van der Waals surface area contributed by atoms with Crippen LogP contribution in [0, 0.1) is 21.4 Å². The molecule has 0 spiro atoms. The van der Waals surface area contributed by atoms with Crippen molar-refractivity contribution >= 4 is 11.7 Å². The van der Waals surface area contributed by atoms with Crippen molar-refractivity contribution in [3.8, 4) is 11.8 Å². The Morgan fingerprint density at radius 2 is 2.22 bits per heavy atom. The number of ether oxygens (including phenoxy) is 2. The molecule has 1 atom stereocenters. The van der Waals surface area contributed by atoms with Gasteiger partial charge in [-0.1, -0.05) is 0 Å². The van der Waals surface area contributed by atoms with Gasteiger partial charge >= 0.3 is 11.7 Å². The van der Waals surface area contributed by atoms with Gasteiger partial charge in [-0.2, -0.15) is 5.26 Å². The number of benzene rings is 1. The van der Waals surface area contributed by atoms with E-state index >= 15 is 0 Å². The molecule has 0 aliphatic carbocycles. The van der Waals surface area contributed by atoms with E-state index in [0.29, 0.717) is 0 Å². The maximum atomic E-state index is 11.6. The second-order valence-corrected chi connectivity index (χ2v) is 3.32. The summed E-state index contributed by atoms with van der Waals surface area (Å²) in [6.07, 6.45) is -0.918. The molecule has 1 aromatic rings. The van der Waals surface area contributed by atoms with Crippen LogP contribution >= 0.6 is 0 Å². The molecule has 0 saturated heterocycles. The van der Waals surface area contributed by atoms with Crippen LogP contribution in [0.4, 0.5) is 5.69 Å². The van der Waals surface area contributed by atoms with Crippen LogP contribution in [0.5, 0.6) is 5.75 Å². The number of hydrogen-bond donors (Lipinski definition) is 0. The fraction of sp³-hybridized carbons (Fsp3) is 0.273. The van der Waals surface area contributed by atoms with E-state index in [9.17, 15) is 14.9 Å². The third-order valence-corrected chi connectivity index (χ3v) is 2.08. The maximum absolute atomic E-state index is 11.6. The van der Waals surface area contributed by atoms with Gasteiger partial charge in [-0.25, -0.2) is 4.79 Å². The molecule has 0 amide bonds. The number of esters is 1. The molecule has 18 heavy (non-hydrogen) atoms. The van der Waals surface area contributed by atoms with Gasteiger partial charge in [-0.05, 0) is 19.1 Å². The van der Waals surface area contributed by atoms with E-state index in [1.54, 1.807) is 6.07 Å². The highest BCUT2D eigenvalue weighted by Gasteiger charge is 2.19. The van der Waals surface area contributed by atoms with Crippen molar-refractivity contribution in [2.75, 3.05) is 7.11 Å². The van der Waals surface area contributed by atoms with E-state index in [1.165, 1.54) is 26.2 Å². The molecular formula is C11H10N2O5. The summed E-state index contributed by atoms with van der Waals surface area (Å²) < 4.78 is 9.53. The Morgan fingerprint density at radius 3 is 2.72 bits per heavy atom. The molecule has 0 fully saturated rings. The number of nitriles is 1. The maximum Gasteiger partial charge on any atom is 0.339 e. The highest BCUT2D eigenvalue weighted by molar-refractivity contribution is 5.90. The predicted octanol–water partition coefficient (Wildman–Crippen LogP) is 1.67. The van der Waals surface area contributed by atoms with Crippen LogP contribution in [0.3, 0.4) is 0 Å². The van der Waals surface area contributed by atoms with Crippen LogP contribution in [0.1, 0.15) is 17.3 Å². The van der Waals surface area contributed by atoms with Gasteiger partial charge in [0.05, 0.1) is 17.6 Å². The van der Waals surface area contributed by atoms with E-state index in [4.69, 9.17) is 14.7 Å². The highest BCUT2D eigenvalue weighted by Crippen LogP contribution is 2.27. The SMILES string of the molecule is COc1ccc(C(=O)O[C@H](C)C#N)cc1[N+](=O)[O-]. The van der Waals surface area contributed by atoms with Crippen molar-refractivity contribution < 1.29 is 19.2 Å². The molecule has 0 saturated carbocycles. The van der Waals surface area contributed by atoms with Gasteiger partial charge in [-0.3, -0.25) is 10.1 Å². The molecule has 0 aliphatic heterocycles. The average Bonchev–Trinajstić information content (AvgIpc) is 2.37. The minimum atomic E-state index is -0.918. The molecule has 0 heterocycles. The number of nitro benzene ring substituents is 1. The van der Waals surface area contributed by atoms with Gasteiger partial charge in [0.25, 0.3) is 0 Å². The molecule has 94 valence electrons. The lowest BCUT2D eigenvalue weighted by Crippen LogP contribution is -2.13. The van der Waals surface area contributed by atoms with Crippen LogP contribution in [0.2, 0.25) is 0 Å². The van der Waals surface area contributed by atoms with Crippen molar-refractivity contribution in [2.24, 2.45) is 0 Å². The van der Waals surface area contributed by atoms with Crippen LogP contribution in [0.25, 0.3) is 0 Å². The zero-order valence-electron chi connectivity index (χ0n) is 9.75. The first kappa shape index (κ1) is 13.4. The Hall–Kier alpha value is -2.62. The van der Waals surface area contributed by atoms with Gasteiger partial charge in [0.15, 0.2) is 11.9 Å². The summed E-state index contributed by atoms with van der Waals surface area (Å²) in [6, 6.07) is 5.40. The molecule has 1 rings (SSSR count). The van der Waals surface area contributed by atoms with Crippen molar-refractivity contribution in [1.29, 1.82) is 5.26 Å². The van der Waals surface area contributed by atoms with Crippen LogP contribution in [-0.2, 0) is 4.74 Å². The smallest absolute Gasteiger partial charge is 0.339 e. The molecule has 1 aromatic carbocycles. The van der Waals surface area contributed by atoms with Crippen LogP contribution in [0.15, 0.2) is 18.2 Å². The molecule has 7 heteroatoms. The average molecular weight is 250 g/mol. The Balaban J connectivity index is 3.05. The van der Waals surface area contributed by atoms with Crippen LogP contribution < -0.4 is 4.74 Å². The summed E-state index contributed by atoms with van der Waals surface area (Å²) in [5, 5.41) is 19.3. The summed E-state index contributed by atoms with van der Waals surface area (Å²) >= 11 is 0. The van der Waals surface area contributed by atoms with E-state index in [2.05, 4.69) is 0 Å². The Kier molecular flexibility index (Phi) is 4.21. The first-order valence-corrected chi connectivity index (χ1v) is 4.92. The van der Waals surface area contributed by atoms with Gasteiger partial charge in [0.2, 0.25) is 0 Å². The number of carbonyl (C=O) groups excluding carboxylic acids is 1. The molecule has 0 N–H and O–H groups in total. The van der Waals surface area contributed by atoms with Crippen molar-refractivity contribution in [3.63, 3.8) is 0 Å². The predicted molar refractivity (Wildman–Crippen MR) is 60.1 cm³/mol. The van der Waals surface area contributed by atoms with Gasteiger partial charge in [-0.15, -0.1) is 0 Å². The molecule has 0 aliphatic rings. The minimum Gasteiger partial charge on any atom is -0.490 e. The van der Waals surface area contributed by atoms with Gasteiger partial charge in [0.1, 0.15) is 6.07 Å². The molecule has 0 bridgehead atoms. The molecule has 0 unspecified atom stereocenters. The first-order valence-electron chi connectivity index (χ1n) is 4.92. The lowest BCUT2D eigenvalue weighted by molar-refractivity contribution is -0.385. The van der Waals surface area contributed by atoms with E-state index in [-0.39, 0.29) is 17.0 Å². The topological polar surface area (TPSA) is 102 Å². The monoisotopic (exact) mass is 250 g/mol. The number of carbonyl (C=O) groups is 1. The lowest BCUT2D eigenvalue weighted by atomic mass is 10.2. The minimum absolute atomic E-state index is 0.00963. The summed E-state index contributed by atoms with van der Waals surface area (Å²) in [5.74, 6) is -0.750. The van der Waals surface area contributed by atoms with E-state index < -0.39 is 17.0 Å². The standard InChI is InChI=1S/C11H10N2O5/c1-7(6-12)18-11(14)8-3-4-10(17-2)9(5-8)13(15)16/h3-5,7H,1-2H3/t7-/m1/s1. The van der Waals surface area contributed by atoms with Crippen molar-refractivity contribution in [2.45, 2.75) is 13.0 Å². The van der Waals surface area contributed by atoms with Crippen LogP contribution in [-0.4, -0.2) is 24.1 Å². The normalized spacial score (nSPS) is 11.2. The number of hydrogen-bond acceptors (Lipinski definition) is 6. The fourth-order valence-electron chi connectivity index (χ4n) is 1.21. The zero-order chi connectivity index (χ0) is 13.7. The molecule has 7 nitrogen and oxygen atoms in total. The number of nitrogens with zero attached hydrogens (tertiary/aromatic N) is 2. The van der Waals surface area contributed by atoms with E-state index in [1.807, 2.05) is 0 Å². The second-order valence-electron chi connectivity index (χ2n) is 3.32.